The molecule has 0 radical (unpaired) electrons. The van der Waals surface area contributed by atoms with Gasteiger partial charge in [-0.1, -0.05) is 162 Å². The Balaban J connectivity index is 0.000000354. The Morgan fingerprint density at radius 3 is 1.33 bits per heavy atom. The first kappa shape index (κ1) is 33.0. The second-order valence-corrected chi connectivity index (χ2v) is 48.5. The third kappa shape index (κ3) is 9.08. The van der Waals surface area contributed by atoms with Crippen LogP contribution in [0.1, 0.15) is 17.5 Å². The van der Waals surface area contributed by atoms with Crippen LogP contribution in [0.4, 0.5) is 0 Å². The summed E-state index contributed by atoms with van der Waals surface area (Å²) in [7, 11) is -3.83. The van der Waals surface area contributed by atoms with Crippen molar-refractivity contribution in [1.82, 2.24) is 0 Å². The molecule has 0 aliphatic heterocycles. The summed E-state index contributed by atoms with van der Waals surface area (Å²) in [5.74, 6) is 0. The van der Waals surface area contributed by atoms with Gasteiger partial charge in [0.1, 0.15) is 0 Å². The van der Waals surface area contributed by atoms with Gasteiger partial charge in [-0.3, -0.25) is 4.74 Å². The van der Waals surface area contributed by atoms with E-state index in [1.165, 1.54) is 16.8 Å². The summed E-state index contributed by atoms with van der Waals surface area (Å²) in [4.78, 5) is 0. The Bertz CT molecular complexity index is 1020. The Hall–Kier alpha value is -1.01. The van der Waals surface area contributed by atoms with Crippen molar-refractivity contribution in [2.24, 2.45) is 4.74 Å². The van der Waals surface area contributed by atoms with E-state index in [1.54, 1.807) is 0 Å². The molecule has 0 atom stereocenters. The fraction of sp³-hybridized carbons (Fsp3) is 0.333. The first-order valence-electron chi connectivity index (χ1n) is 12.7. The monoisotopic (exact) mass is 583 g/mol. The Morgan fingerprint density at radius 1 is 0.639 bits per heavy atom. The van der Waals surface area contributed by atoms with Crippen molar-refractivity contribution in [1.29, 1.82) is 0 Å². The zero-order valence-electron chi connectivity index (χ0n) is 23.9. The molecular formula is C30H46NPSi3Ti. The molecule has 192 valence electrons. The molecule has 0 spiro atoms. The SMILES string of the molecule is C(C=Cc1ccccc1)=Cc1ccccc1.C[Si](C)(C)P(=NC1=CC=CC1)([Si](C)(C)C)[Si](C)(C)C.[Ti]. The molecule has 1 aliphatic carbocycles. The molecule has 0 fully saturated rings. The zero-order chi connectivity index (χ0) is 26.2. The molecule has 0 bridgehead atoms. The van der Waals surface area contributed by atoms with Gasteiger partial charge in [-0.05, 0) is 17.2 Å². The molecule has 3 rings (SSSR count). The molecule has 0 saturated heterocycles. The number of nitrogens with zero attached hydrogens (tertiary/aromatic N) is 1. The topological polar surface area (TPSA) is 12.4 Å². The summed E-state index contributed by atoms with van der Waals surface area (Å²) < 4.78 is 5.62. The molecule has 2 aromatic carbocycles. The predicted molar refractivity (Wildman–Crippen MR) is 172 cm³/mol. The van der Waals surface area contributed by atoms with E-state index in [2.05, 4.69) is 126 Å². The van der Waals surface area contributed by atoms with Crippen LogP contribution in [0.5, 0.6) is 0 Å². The van der Waals surface area contributed by atoms with Gasteiger partial charge in [-0.2, -0.15) is 0 Å². The maximum absolute atomic E-state index is 5.62. The minimum absolute atomic E-state index is 0. The van der Waals surface area contributed by atoms with Crippen LogP contribution in [0.2, 0.25) is 58.9 Å². The molecule has 0 unspecified atom stereocenters. The van der Waals surface area contributed by atoms with Gasteiger partial charge < -0.3 is 0 Å². The Morgan fingerprint density at radius 2 is 1.03 bits per heavy atom. The quantitative estimate of drug-likeness (QED) is 0.175. The van der Waals surface area contributed by atoms with Crippen molar-refractivity contribution < 1.29 is 21.7 Å². The summed E-state index contributed by atoms with van der Waals surface area (Å²) >= 11 is 0. The van der Waals surface area contributed by atoms with Gasteiger partial charge in [0.25, 0.3) is 0 Å². The maximum Gasteiger partial charge on any atom is 0.0843 e. The predicted octanol–water partition coefficient (Wildman–Crippen LogP) is 10.9. The van der Waals surface area contributed by atoms with Gasteiger partial charge in [-0.25, -0.2) is 0 Å². The van der Waals surface area contributed by atoms with Crippen LogP contribution in [0.3, 0.4) is 0 Å². The second-order valence-electron chi connectivity index (χ2n) is 12.1. The number of allylic oxidation sites excluding steroid dienone is 5. The zero-order valence-corrected chi connectivity index (χ0v) is 29.4. The normalized spacial score (nSPS) is 14.3. The summed E-state index contributed by atoms with van der Waals surface area (Å²) in [6.07, 6.45) is 16.1. The number of rotatable bonds is 7. The fourth-order valence-electron chi connectivity index (χ4n) is 5.63. The average molecular weight is 584 g/mol. The van der Waals surface area contributed by atoms with Gasteiger partial charge in [0, 0.05) is 33.8 Å². The molecule has 1 nitrogen and oxygen atoms in total. The second kappa shape index (κ2) is 14.2. The summed E-state index contributed by atoms with van der Waals surface area (Å²) in [5.41, 5.74) is 2.66. The molecule has 6 heteroatoms. The maximum atomic E-state index is 5.62. The molecule has 0 saturated carbocycles. The van der Waals surface area contributed by atoms with Crippen LogP contribution >= 0.6 is 5.70 Å². The van der Waals surface area contributed by atoms with Crippen LogP contribution in [0, 0.1) is 0 Å². The van der Waals surface area contributed by atoms with Gasteiger partial charge in [0.2, 0.25) is 0 Å². The molecule has 0 amide bonds. The van der Waals surface area contributed by atoms with Crippen molar-refractivity contribution in [3.8, 4) is 0 Å². The largest absolute Gasteiger partial charge is 0.284 e. The third-order valence-corrected chi connectivity index (χ3v) is 67.2. The Labute approximate surface area is 239 Å². The van der Waals surface area contributed by atoms with Crippen molar-refractivity contribution in [2.45, 2.75) is 65.3 Å². The van der Waals surface area contributed by atoms with E-state index in [1.807, 2.05) is 36.4 Å². The third-order valence-electron chi connectivity index (χ3n) is 6.23. The van der Waals surface area contributed by atoms with Crippen molar-refractivity contribution in [3.05, 3.63) is 108 Å². The number of hydrogen-bond donors (Lipinski definition) is 0. The van der Waals surface area contributed by atoms with Gasteiger partial charge in [0.05, 0.1) is 23.2 Å². The van der Waals surface area contributed by atoms with E-state index < -0.39 is 28.9 Å². The first-order valence-corrected chi connectivity index (χ1v) is 27.5. The smallest absolute Gasteiger partial charge is 0.0843 e. The molecule has 0 N–H and O–H groups in total. The first-order chi connectivity index (χ1) is 16.3. The van der Waals surface area contributed by atoms with E-state index in [4.69, 9.17) is 4.74 Å². The number of benzene rings is 2. The van der Waals surface area contributed by atoms with Crippen LogP contribution in [0.25, 0.3) is 12.2 Å². The summed E-state index contributed by atoms with van der Waals surface area (Å²) in [5, 5.41) is 0. The summed E-state index contributed by atoms with van der Waals surface area (Å²) in [6.45, 7) is 23.3. The van der Waals surface area contributed by atoms with E-state index in [0.717, 1.165) is 6.42 Å². The van der Waals surface area contributed by atoms with Gasteiger partial charge >= 0.3 is 0 Å². The van der Waals surface area contributed by atoms with E-state index in [-0.39, 0.29) is 21.7 Å². The number of hydrogen-bond acceptors (Lipinski definition) is 1. The van der Waals surface area contributed by atoms with Crippen LogP contribution < -0.4 is 0 Å². The van der Waals surface area contributed by atoms with E-state index in [0.29, 0.717) is 0 Å². The minimum Gasteiger partial charge on any atom is -0.284 e. The van der Waals surface area contributed by atoms with Crippen molar-refractivity contribution in [2.75, 3.05) is 0 Å². The molecular weight excluding hydrogens is 537 g/mol. The minimum atomic E-state index is -1.28. The van der Waals surface area contributed by atoms with Gasteiger partial charge in [0.15, 0.2) is 0 Å². The van der Waals surface area contributed by atoms with Crippen molar-refractivity contribution >= 4 is 41.1 Å². The van der Waals surface area contributed by atoms with Crippen LogP contribution in [-0.4, -0.2) is 23.2 Å². The fourth-order valence-corrected chi connectivity index (χ4v) is 89.4. The molecule has 1 aliphatic rings. The van der Waals surface area contributed by atoms with Gasteiger partial charge in [-0.15, -0.1) is 0 Å². The summed E-state index contributed by atoms with van der Waals surface area (Å²) in [6, 6.07) is 20.6. The standard InChI is InChI=1S/C16H14.C14H32NPSi3.Ti/c1-3-9-15(10-4-1)13-7-8-14-16-11-5-2-6-12-16;1-17(2,3)16(18(4,5)6,19(7,8)9)15-14-12-10-11-13-14;/h1-14H;10-12H,13H2,1-9H3;. The van der Waals surface area contributed by atoms with Crippen molar-refractivity contribution in [3.63, 3.8) is 0 Å². The van der Waals surface area contributed by atoms with E-state index >= 15 is 0 Å². The average Bonchev–Trinajstić information content (AvgIpc) is 3.28. The Kier molecular flexibility index (Phi) is 13.1. The molecule has 0 heterocycles. The molecule has 0 aromatic heterocycles. The van der Waals surface area contributed by atoms with Crippen LogP contribution in [0.15, 0.2) is 101 Å². The van der Waals surface area contributed by atoms with E-state index in [9.17, 15) is 0 Å². The molecule has 2 aromatic rings. The molecule has 36 heavy (non-hydrogen) atoms. The van der Waals surface area contributed by atoms with Crippen LogP contribution in [-0.2, 0) is 21.7 Å².